The molecule has 7 heteroatoms. The number of nitrogens with one attached hydrogen (secondary N) is 1. The van der Waals surface area contributed by atoms with Crippen LogP contribution in [0.2, 0.25) is 0 Å². The third-order valence-electron chi connectivity index (χ3n) is 4.07. The number of hydrogen-bond donors (Lipinski definition) is 2. The van der Waals surface area contributed by atoms with E-state index in [1.165, 1.54) is 0 Å². The van der Waals surface area contributed by atoms with E-state index in [-0.39, 0.29) is 36.9 Å². The quantitative estimate of drug-likeness (QED) is 0.733. The summed E-state index contributed by atoms with van der Waals surface area (Å²) in [5.41, 5.74) is 3.61. The molecular weight excluding hydrogens is 286 g/mol. The number of hydrogen-bond acceptors (Lipinski definition) is 5. The molecule has 1 atom stereocenters. The van der Waals surface area contributed by atoms with E-state index in [1.54, 1.807) is 29.2 Å². The van der Waals surface area contributed by atoms with Crippen LogP contribution in [-0.4, -0.2) is 58.5 Å². The van der Waals surface area contributed by atoms with Crippen LogP contribution in [0.1, 0.15) is 33.6 Å². The summed E-state index contributed by atoms with van der Waals surface area (Å²) in [4.78, 5) is 37.7. The van der Waals surface area contributed by atoms with E-state index < -0.39 is 0 Å². The van der Waals surface area contributed by atoms with Crippen molar-refractivity contribution in [1.29, 1.82) is 0 Å². The molecule has 2 aliphatic heterocycles. The van der Waals surface area contributed by atoms with Gasteiger partial charge < -0.3 is 10.0 Å². The topological polar surface area (TPSA) is 90.0 Å². The Bertz CT molecular complexity index is 596. The normalized spacial score (nSPS) is 21.0. The first-order valence-electron chi connectivity index (χ1n) is 7.25. The summed E-state index contributed by atoms with van der Waals surface area (Å²) < 4.78 is 0. The number of imide groups is 1. The van der Waals surface area contributed by atoms with E-state index >= 15 is 0 Å². The molecule has 0 saturated carbocycles. The van der Waals surface area contributed by atoms with Gasteiger partial charge in [-0.1, -0.05) is 12.1 Å². The molecule has 1 fully saturated rings. The first kappa shape index (κ1) is 14.7. The molecule has 3 amide bonds. The lowest BCUT2D eigenvalue weighted by Crippen LogP contribution is -2.49. The molecule has 2 aliphatic rings. The van der Waals surface area contributed by atoms with Crippen LogP contribution in [0.5, 0.6) is 0 Å². The summed E-state index contributed by atoms with van der Waals surface area (Å²) in [6, 6.07) is 6.55. The van der Waals surface area contributed by atoms with Crippen molar-refractivity contribution < 1.29 is 19.5 Å². The van der Waals surface area contributed by atoms with Gasteiger partial charge in [-0.15, -0.1) is 0 Å². The first-order chi connectivity index (χ1) is 10.6. The van der Waals surface area contributed by atoms with E-state index in [0.29, 0.717) is 30.5 Å². The molecule has 116 valence electrons. The second-order valence-corrected chi connectivity index (χ2v) is 5.36. The summed E-state index contributed by atoms with van der Waals surface area (Å²) in [5, 5.41) is 10.0. The third-order valence-corrected chi connectivity index (χ3v) is 4.07. The average molecular weight is 303 g/mol. The van der Waals surface area contributed by atoms with Gasteiger partial charge in [0.25, 0.3) is 11.8 Å². The van der Waals surface area contributed by atoms with Gasteiger partial charge in [0.15, 0.2) is 0 Å². The number of benzene rings is 1. The minimum Gasteiger partial charge on any atom is -0.395 e. The molecule has 0 bridgehead atoms. The molecule has 22 heavy (non-hydrogen) atoms. The number of aliphatic hydroxyl groups excluding tert-OH is 1. The molecule has 2 N–H and O–H groups in total. The van der Waals surface area contributed by atoms with E-state index in [4.69, 9.17) is 5.11 Å². The zero-order valence-electron chi connectivity index (χ0n) is 12.0. The molecule has 0 radical (unpaired) electrons. The van der Waals surface area contributed by atoms with Gasteiger partial charge in [-0.25, -0.2) is 10.4 Å². The van der Waals surface area contributed by atoms with Gasteiger partial charge >= 0.3 is 0 Å². The average Bonchev–Trinajstić information content (AvgIpc) is 2.99. The molecule has 3 rings (SSSR count). The van der Waals surface area contributed by atoms with Gasteiger partial charge in [-0.3, -0.25) is 14.4 Å². The fraction of sp³-hybridized carbons (Fsp3) is 0.400. The fourth-order valence-corrected chi connectivity index (χ4v) is 2.95. The molecule has 7 nitrogen and oxygen atoms in total. The Hall–Kier alpha value is -2.25. The number of hydrazine groups is 1. The molecule has 1 aromatic rings. The Morgan fingerprint density at radius 2 is 1.77 bits per heavy atom. The lowest BCUT2D eigenvalue weighted by molar-refractivity contribution is -0.129. The van der Waals surface area contributed by atoms with Crippen molar-refractivity contribution in [2.24, 2.45) is 0 Å². The smallest absolute Gasteiger partial charge is 0.276 e. The Labute approximate surface area is 127 Å². The summed E-state index contributed by atoms with van der Waals surface area (Å²) in [6.07, 6.45) is 1.07. The first-order valence-corrected chi connectivity index (χ1v) is 7.25. The van der Waals surface area contributed by atoms with Crippen molar-refractivity contribution in [2.75, 3.05) is 19.7 Å². The van der Waals surface area contributed by atoms with E-state index in [0.717, 1.165) is 5.01 Å². The van der Waals surface area contributed by atoms with Crippen LogP contribution in [0.4, 0.5) is 0 Å². The maximum atomic E-state index is 12.2. The number of carbonyl (C=O) groups excluding carboxylic acids is 3. The largest absolute Gasteiger partial charge is 0.395 e. The molecule has 0 aliphatic carbocycles. The van der Waals surface area contributed by atoms with Crippen LogP contribution in [0.25, 0.3) is 0 Å². The van der Waals surface area contributed by atoms with Gasteiger partial charge in [0.1, 0.15) is 0 Å². The van der Waals surface area contributed by atoms with Gasteiger partial charge in [0.2, 0.25) is 5.91 Å². The van der Waals surface area contributed by atoms with E-state index in [9.17, 15) is 14.4 Å². The summed E-state index contributed by atoms with van der Waals surface area (Å²) in [7, 11) is 0. The van der Waals surface area contributed by atoms with E-state index in [1.807, 2.05) is 0 Å². The second-order valence-electron chi connectivity index (χ2n) is 5.36. The van der Waals surface area contributed by atoms with Crippen molar-refractivity contribution in [3.63, 3.8) is 0 Å². The molecule has 0 spiro atoms. The van der Waals surface area contributed by atoms with Crippen LogP contribution in [-0.2, 0) is 4.79 Å². The molecule has 2 heterocycles. The number of amides is 3. The third kappa shape index (κ3) is 2.38. The number of carbonyl (C=O) groups is 3. The molecule has 1 aromatic carbocycles. The molecule has 1 saturated heterocycles. The highest BCUT2D eigenvalue weighted by atomic mass is 16.3. The zero-order valence-corrected chi connectivity index (χ0v) is 12.0. The molecule has 0 unspecified atom stereocenters. The Morgan fingerprint density at radius 1 is 1.14 bits per heavy atom. The van der Waals surface area contributed by atoms with Crippen LogP contribution in [0, 0.1) is 0 Å². The lowest BCUT2D eigenvalue weighted by atomic mass is 10.1. The van der Waals surface area contributed by atoms with Crippen LogP contribution >= 0.6 is 0 Å². The number of β-amino-alcohol motifs (C(OH)–C–C–N with tert-alkyl or cyclic N) is 1. The monoisotopic (exact) mass is 303 g/mol. The maximum Gasteiger partial charge on any atom is 0.276 e. The van der Waals surface area contributed by atoms with Crippen molar-refractivity contribution in [3.05, 3.63) is 35.4 Å². The summed E-state index contributed by atoms with van der Waals surface area (Å²) in [5.74, 6) is -0.763. The SMILES string of the molecule is O=C1c2ccccc2C(=O)N1NC[C@@H]1CCC(=O)N1CCO. The highest BCUT2D eigenvalue weighted by Crippen LogP contribution is 2.22. The van der Waals surface area contributed by atoms with Gasteiger partial charge in [-0.2, -0.15) is 0 Å². The lowest BCUT2D eigenvalue weighted by Gasteiger charge is -2.26. The predicted molar refractivity (Wildman–Crippen MR) is 76.8 cm³/mol. The van der Waals surface area contributed by atoms with Crippen molar-refractivity contribution in [3.8, 4) is 0 Å². The zero-order chi connectivity index (χ0) is 15.7. The summed E-state index contributed by atoms with van der Waals surface area (Å²) >= 11 is 0. The second kappa shape index (κ2) is 5.86. The number of aliphatic hydroxyl groups is 1. The predicted octanol–water partition coefficient (Wildman–Crippen LogP) is -0.229. The minimum absolute atomic E-state index is 0.0109. The maximum absolute atomic E-state index is 12.2. The number of likely N-dealkylation sites (tertiary alicyclic amines) is 1. The fourth-order valence-electron chi connectivity index (χ4n) is 2.95. The van der Waals surface area contributed by atoms with Crippen molar-refractivity contribution >= 4 is 17.7 Å². The number of rotatable bonds is 5. The van der Waals surface area contributed by atoms with Crippen molar-refractivity contribution in [2.45, 2.75) is 18.9 Å². The Balaban J connectivity index is 1.67. The highest BCUT2D eigenvalue weighted by Gasteiger charge is 2.37. The van der Waals surface area contributed by atoms with Crippen molar-refractivity contribution in [1.82, 2.24) is 15.3 Å². The number of fused-ring (bicyclic) bond motifs is 1. The van der Waals surface area contributed by atoms with E-state index in [2.05, 4.69) is 5.43 Å². The Kier molecular flexibility index (Phi) is 3.91. The van der Waals surface area contributed by atoms with Gasteiger partial charge in [0, 0.05) is 25.6 Å². The van der Waals surface area contributed by atoms with Crippen LogP contribution in [0.3, 0.4) is 0 Å². The van der Waals surface area contributed by atoms with Gasteiger partial charge in [0.05, 0.1) is 17.7 Å². The summed E-state index contributed by atoms with van der Waals surface area (Å²) in [6.45, 7) is 0.472. The van der Waals surface area contributed by atoms with Gasteiger partial charge in [-0.05, 0) is 18.6 Å². The van der Waals surface area contributed by atoms with Crippen LogP contribution < -0.4 is 5.43 Å². The standard InChI is InChI=1S/C15H17N3O4/c19-8-7-17-10(5-6-13(17)20)9-16-18-14(21)11-3-1-2-4-12(11)15(18)22/h1-4,10,16,19H,5-9H2/t10-/m0/s1. The number of nitrogens with zero attached hydrogens (tertiary/aromatic N) is 2. The molecule has 0 aromatic heterocycles. The minimum atomic E-state index is -0.376. The van der Waals surface area contributed by atoms with Crippen LogP contribution in [0.15, 0.2) is 24.3 Å². The highest BCUT2D eigenvalue weighted by molar-refractivity contribution is 6.20. The molecular formula is C15H17N3O4. The Morgan fingerprint density at radius 3 is 2.36 bits per heavy atom.